The van der Waals surface area contributed by atoms with E-state index in [2.05, 4.69) is 51.2 Å². The Morgan fingerprint density at radius 1 is 1.19 bits per heavy atom. The molecule has 1 unspecified atom stereocenters. The Morgan fingerprint density at radius 2 is 1.90 bits per heavy atom. The van der Waals surface area contributed by atoms with Crippen molar-refractivity contribution in [2.75, 3.05) is 6.54 Å². The van der Waals surface area contributed by atoms with Gasteiger partial charge in [0, 0.05) is 11.6 Å². The first kappa shape index (κ1) is 16.4. The average Bonchev–Trinajstić information content (AvgIpc) is 2.48. The predicted molar refractivity (Wildman–Crippen MR) is 89.9 cm³/mol. The van der Waals surface area contributed by atoms with Crippen LogP contribution in [0.15, 0.2) is 18.2 Å². The summed E-state index contributed by atoms with van der Waals surface area (Å²) in [6, 6.07) is 6.95. The molecule has 0 bridgehead atoms. The summed E-state index contributed by atoms with van der Waals surface area (Å²) < 4.78 is 6.39. The Kier molecular flexibility index (Phi) is 6.10. The Hall–Kier alpha value is -1.02. The van der Waals surface area contributed by atoms with Gasteiger partial charge in [-0.1, -0.05) is 32.4 Å². The Labute approximate surface area is 130 Å². The van der Waals surface area contributed by atoms with Crippen molar-refractivity contribution in [1.82, 2.24) is 5.32 Å². The minimum absolute atomic E-state index is 0.345. The van der Waals surface area contributed by atoms with Gasteiger partial charge in [-0.15, -0.1) is 0 Å². The van der Waals surface area contributed by atoms with Gasteiger partial charge >= 0.3 is 0 Å². The zero-order valence-electron chi connectivity index (χ0n) is 14.1. The van der Waals surface area contributed by atoms with Crippen LogP contribution in [-0.2, 0) is 0 Å². The molecule has 0 amide bonds. The molecular formula is C19H31NO. The van der Waals surface area contributed by atoms with Crippen LogP contribution in [0, 0.1) is 12.8 Å². The maximum atomic E-state index is 6.39. The molecular weight excluding hydrogens is 258 g/mol. The van der Waals surface area contributed by atoms with Crippen molar-refractivity contribution in [3.63, 3.8) is 0 Å². The lowest BCUT2D eigenvalue weighted by Gasteiger charge is -2.30. The Morgan fingerprint density at radius 3 is 2.52 bits per heavy atom. The maximum Gasteiger partial charge on any atom is 0.124 e. The first-order valence-electron chi connectivity index (χ1n) is 8.64. The highest BCUT2D eigenvalue weighted by Crippen LogP contribution is 2.32. The predicted octanol–water partition coefficient (Wildman–Crippen LogP) is 5.01. The molecule has 2 nitrogen and oxygen atoms in total. The molecule has 0 saturated heterocycles. The fourth-order valence-corrected chi connectivity index (χ4v) is 3.36. The summed E-state index contributed by atoms with van der Waals surface area (Å²) in [4.78, 5) is 0. The third-order valence-corrected chi connectivity index (χ3v) is 4.81. The van der Waals surface area contributed by atoms with Crippen molar-refractivity contribution in [2.45, 2.75) is 71.9 Å². The van der Waals surface area contributed by atoms with Crippen molar-refractivity contribution < 1.29 is 4.74 Å². The van der Waals surface area contributed by atoms with E-state index < -0.39 is 0 Å². The second kappa shape index (κ2) is 7.84. The fraction of sp³-hybridized carbons (Fsp3) is 0.684. The van der Waals surface area contributed by atoms with Gasteiger partial charge in [0.05, 0.1) is 6.10 Å². The molecule has 21 heavy (non-hydrogen) atoms. The Bertz CT molecular complexity index is 435. The largest absolute Gasteiger partial charge is 0.490 e. The van der Waals surface area contributed by atoms with Gasteiger partial charge in [-0.25, -0.2) is 0 Å². The van der Waals surface area contributed by atoms with Crippen molar-refractivity contribution in [3.8, 4) is 5.75 Å². The molecule has 1 fully saturated rings. The topological polar surface area (TPSA) is 21.3 Å². The summed E-state index contributed by atoms with van der Waals surface area (Å²) in [5.74, 6) is 2.01. The molecule has 0 aromatic heterocycles. The third kappa shape index (κ3) is 4.47. The van der Waals surface area contributed by atoms with Crippen LogP contribution in [0.1, 0.15) is 70.0 Å². The SMILES string of the molecule is CCNC(C)c1ccc(C)cc1OC1CCC(CC)CC1. The number of rotatable bonds is 6. The van der Waals surface area contributed by atoms with Crippen LogP contribution in [0.4, 0.5) is 0 Å². The second-order valence-corrected chi connectivity index (χ2v) is 6.49. The minimum Gasteiger partial charge on any atom is -0.490 e. The van der Waals surface area contributed by atoms with Crippen LogP contribution in [-0.4, -0.2) is 12.6 Å². The van der Waals surface area contributed by atoms with E-state index in [1.807, 2.05) is 0 Å². The van der Waals surface area contributed by atoms with Gasteiger partial charge < -0.3 is 10.1 Å². The molecule has 0 spiro atoms. The highest BCUT2D eigenvalue weighted by molar-refractivity contribution is 5.39. The van der Waals surface area contributed by atoms with Crippen LogP contribution < -0.4 is 10.1 Å². The van der Waals surface area contributed by atoms with E-state index in [0.29, 0.717) is 12.1 Å². The molecule has 0 radical (unpaired) electrons. The van der Waals surface area contributed by atoms with Gasteiger partial charge in [-0.2, -0.15) is 0 Å². The highest BCUT2D eigenvalue weighted by atomic mass is 16.5. The van der Waals surface area contributed by atoms with Gasteiger partial charge in [0.25, 0.3) is 0 Å². The second-order valence-electron chi connectivity index (χ2n) is 6.49. The third-order valence-electron chi connectivity index (χ3n) is 4.81. The first-order valence-corrected chi connectivity index (χ1v) is 8.64. The lowest BCUT2D eigenvalue weighted by molar-refractivity contribution is 0.128. The molecule has 1 N–H and O–H groups in total. The number of benzene rings is 1. The van der Waals surface area contributed by atoms with E-state index in [0.717, 1.165) is 18.2 Å². The summed E-state index contributed by atoms with van der Waals surface area (Å²) in [6.07, 6.45) is 6.79. The number of aryl methyl sites for hydroxylation is 1. The maximum absolute atomic E-state index is 6.39. The number of ether oxygens (including phenoxy) is 1. The van der Waals surface area contributed by atoms with Crippen molar-refractivity contribution >= 4 is 0 Å². The molecule has 1 aliphatic rings. The van der Waals surface area contributed by atoms with E-state index >= 15 is 0 Å². The molecule has 2 rings (SSSR count). The standard InChI is InChI=1S/C19H31NO/c1-5-16-8-10-17(11-9-16)21-19-13-14(3)7-12-18(19)15(4)20-6-2/h7,12-13,15-17,20H,5-6,8-11H2,1-4H3. The summed E-state index contributed by atoms with van der Waals surface area (Å²) in [6.45, 7) is 9.80. The molecule has 1 aromatic rings. The zero-order valence-corrected chi connectivity index (χ0v) is 14.1. The summed E-state index contributed by atoms with van der Waals surface area (Å²) in [5.41, 5.74) is 2.57. The van der Waals surface area contributed by atoms with E-state index in [9.17, 15) is 0 Å². The molecule has 118 valence electrons. The molecule has 1 saturated carbocycles. The van der Waals surface area contributed by atoms with E-state index in [1.54, 1.807) is 0 Å². The minimum atomic E-state index is 0.345. The smallest absolute Gasteiger partial charge is 0.124 e. The highest BCUT2D eigenvalue weighted by Gasteiger charge is 2.22. The van der Waals surface area contributed by atoms with Crippen LogP contribution in [0.3, 0.4) is 0 Å². The van der Waals surface area contributed by atoms with Crippen LogP contribution >= 0.6 is 0 Å². The molecule has 2 heteroatoms. The van der Waals surface area contributed by atoms with E-state index in [1.165, 1.54) is 43.2 Å². The van der Waals surface area contributed by atoms with Gasteiger partial charge in [0.2, 0.25) is 0 Å². The quantitative estimate of drug-likeness (QED) is 0.794. The molecule has 1 atom stereocenters. The zero-order chi connectivity index (χ0) is 15.2. The normalized spacial score (nSPS) is 23.8. The number of hydrogen-bond acceptors (Lipinski definition) is 2. The lowest BCUT2D eigenvalue weighted by atomic mass is 9.86. The van der Waals surface area contributed by atoms with Crippen molar-refractivity contribution in [2.24, 2.45) is 5.92 Å². The molecule has 1 aromatic carbocycles. The van der Waals surface area contributed by atoms with Gasteiger partial charge in [-0.3, -0.25) is 0 Å². The summed E-state index contributed by atoms with van der Waals surface area (Å²) in [7, 11) is 0. The summed E-state index contributed by atoms with van der Waals surface area (Å²) in [5, 5.41) is 3.50. The monoisotopic (exact) mass is 289 g/mol. The van der Waals surface area contributed by atoms with E-state index in [4.69, 9.17) is 4.74 Å². The Balaban J connectivity index is 2.06. The molecule has 1 aliphatic carbocycles. The number of hydrogen-bond donors (Lipinski definition) is 1. The summed E-state index contributed by atoms with van der Waals surface area (Å²) >= 11 is 0. The average molecular weight is 289 g/mol. The van der Waals surface area contributed by atoms with Crippen LogP contribution in [0.2, 0.25) is 0 Å². The fourth-order valence-electron chi connectivity index (χ4n) is 3.36. The molecule has 0 heterocycles. The van der Waals surface area contributed by atoms with Gasteiger partial charge in [0.1, 0.15) is 5.75 Å². The van der Waals surface area contributed by atoms with Crippen LogP contribution in [0.25, 0.3) is 0 Å². The van der Waals surface area contributed by atoms with Crippen LogP contribution in [0.5, 0.6) is 5.75 Å². The van der Waals surface area contributed by atoms with Gasteiger partial charge in [0.15, 0.2) is 0 Å². The number of nitrogens with one attached hydrogen (secondary N) is 1. The van der Waals surface area contributed by atoms with Crippen molar-refractivity contribution in [3.05, 3.63) is 29.3 Å². The van der Waals surface area contributed by atoms with E-state index in [-0.39, 0.29) is 0 Å². The first-order chi connectivity index (χ1) is 10.1. The van der Waals surface area contributed by atoms with Gasteiger partial charge in [-0.05, 0) is 63.6 Å². The lowest BCUT2D eigenvalue weighted by Crippen LogP contribution is -2.25. The van der Waals surface area contributed by atoms with Crippen molar-refractivity contribution in [1.29, 1.82) is 0 Å². The molecule has 0 aliphatic heterocycles.